The first-order chi connectivity index (χ1) is 4.34. The molecule has 0 radical (unpaired) electrons. The normalized spacial score (nSPS) is 37.4. The van der Waals surface area contributed by atoms with Crippen molar-refractivity contribution in [1.82, 2.24) is 4.90 Å². The second-order valence-electron chi connectivity index (χ2n) is 2.53. The minimum absolute atomic E-state index is 0.268. The quantitative estimate of drug-likeness (QED) is 0.365. The van der Waals surface area contributed by atoms with Gasteiger partial charge in [0.2, 0.25) is 5.91 Å². The molecule has 0 aromatic rings. The van der Waals surface area contributed by atoms with Gasteiger partial charge >= 0.3 is 0 Å². The van der Waals surface area contributed by atoms with Gasteiger partial charge < -0.3 is 4.90 Å². The van der Waals surface area contributed by atoms with E-state index < -0.39 is 0 Å². The van der Waals surface area contributed by atoms with Crippen LogP contribution in [-0.4, -0.2) is 23.4 Å². The van der Waals surface area contributed by atoms with Gasteiger partial charge in [-0.2, -0.15) is 0 Å². The Morgan fingerprint density at radius 1 is 1.67 bits per heavy atom. The molecule has 48 valence electrons. The Bertz CT molecular complexity index is 185. The van der Waals surface area contributed by atoms with E-state index in [0.29, 0.717) is 11.9 Å². The molecule has 0 aromatic heterocycles. The summed E-state index contributed by atoms with van der Waals surface area (Å²) < 4.78 is 0. The maximum Gasteiger partial charge on any atom is 0.232 e. The highest BCUT2D eigenvalue weighted by molar-refractivity contribution is 5.90. The molecule has 0 bridgehead atoms. The van der Waals surface area contributed by atoms with Crippen LogP contribution in [-0.2, 0) is 4.79 Å². The summed E-state index contributed by atoms with van der Waals surface area (Å²) >= 11 is 0. The number of carbonyl (C=O) groups is 1. The molecule has 2 nitrogen and oxygen atoms in total. The van der Waals surface area contributed by atoms with Crippen LogP contribution in [0.25, 0.3) is 0 Å². The van der Waals surface area contributed by atoms with E-state index >= 15 is 0 Å². The van der Waals surface area contributed by atoms with E-state index in [2.05, 4.69) is 6.08 Å². The minimum Gasteiger partial charge on any atom is -0.335 e. The molecule has 0 spiro atoms. The summed E-state index contributed by atoms with van der Waals surface area (Å²) in [6, 6.07) is 0.475. The monoisotopic (exact) mass is 123 g/mol. The van der Waals surface area contributed by atoms with Crippen molar-refractivity contribution in [3.05, 3.63) is 12.2 Å². The summed E-state index contributed by atoms with van der Waals surface area (Å²) in [7, 11) is 0. The van der Waals surface area contributed by atoms with Crippen LogP contribution >= 0.6 is 0 Å². The predicted octanol–water partition coefficient (Wildman–Crippen LogP) is 0.403. The summed E-state index contributed by atoms with van der Waals surface area (Å²) in [5, 5.41) is 0. The molecule has 1 heterocycles. The molecule has 2 atom stereocenters. The van der Waals surface area contributed by atoms with Gasteiger partial charge in [0.15, 0.2) is 0 Å². The summed E-state index contributed by atoms with van der Waals surface area (Å²) in [4.78, 5) is 12.8. The lowest BCUT2D eigenvalue weighted by molar-refractivity contribution is -0.151. The molecule has 1 saturated heterocycles. The van der Waals surface area contributed by atoms with Crippen LogP contribution in [0.5, 0.6) is 0 Å². The Labute approximate surface area is 54.1 Å². The number of fused-ring (bicyclic) bond motifs is 1. The van der Waals surface area contributed by atoms with E-state index in [-0.39, 0.29) is 5.92 Å². The minimum atomic E-state index is 0.268. The summed E-state index contributed by atoms with van der Waals surface area (Å²) in [5.74, 6) is 0.579. The van der Waals surface area contributed by atoms with Crippen LogP contribution in [0.2, 0.25) is 0 Å². The van der Waals surface area contributed by atoms with E-state index in [1.807, 2.05) is 17.9 Å². The fourth-order valence-electron chi connectivity index (χ4n) is 1.47. The Hall–Kier alpha value is -0.790. The average molecular weight is 123 g/mol. The van der Waals surface area contributed by atoms with Crippen molar-refractivity contribution in [3.63, 3.8) is 0 Å². The van der Waals surface area contributed by atoms with Gasteiger partial charge in [0.25, 0.3) is 0 Å². The zero-order chi connectivity index (χ0) is 6.43. The molecular formula is C7H9NO. The molecule has 0 aromatic carbocycles. The Morgan fingerprint density at radius 3 is 2.67 bits per heavy atom. The van der Waals surface area contributed by atoms with Gasteiger partial charge in [-0.3, -0.25) is 4.79 Å². The van der Waals surface area contributed by atoms with Gasteiger partial charge in [0.05, 0.1) is 12.0 Å². The third-order valence-corrected chi connectivity index (χ3v) is 2.15. The first-order valence-corrected chi connectivity index (χ1v) is 3.33. The predicted molar refractivity (Wildman–Crippen MR) is 33.8 cm³/mol. The lowest BCUT2D eigenvalue weighted by Crippen LogP contribution is -2.62. The number of carbonyl (C=O) groups excluding carboxylic acids is 1. The smallest absolute Gasteiger partial charge is 0.232 e. The molecule has 1 fully saturated rings. The van der Waals surface area contributed by atoms with Gasteiger partial charge in [-0.05, 0) is 6.92 Å². The van der Waals surface area contributed by atoms with Crippen molar-refractivity contribution in [2.75, 3.05) is 6.54 Å². The first kappa shape index (κ1) is 5.03. The Balaban J connectivity index is 2.15. The number of amides is 1. The van der Waals surface area contributed by atoms with E-state index in [4.69, 9.17) is 0 Å². The zero-order valence-electron chi connectivity index (χ0n) is 5.37. The van der Waals surface area contributed by atoms with Crippen LogP contribution < -0.4 is 0 Å². The number of β-lactam (4-membered cyclic amide) rings is 1. The lowest BCUT2D eigenvalue weighted by Gasteiger charge is -2.49. The van der Waals surface area contributed by atoms with E-state index in [1.165, 1.54) is 0 Å². The molecule has 2 unspecified atom stereocenters. The van der Waals surface area contributed by atoms with Crippen LogP contribution in [0.1, 0.15) is 6.92 Å². The average Bonchev–Trinajstić information content (AvgIpc) is 1.79. The van der Waals surface area contributed by atoms with Crippen molar-refractivity contribution < 1.29 is 4.79 Å². The largest absolute Gasteiger partial charge is 0.335 e. The molecular weight excluding hydrogens is 114 g/mol. The van der Waals surface area contributed by atoms with Gasteiger partial charge in [-0.25, -0.2) is 0 Å². The van der Waals surface area contributed by atoms with Gasteiger partial charge in [-0.1, -0.05) is 12.2 Å². The second-order valence-corrected chi connectivity index (χ2v) is 2.53. The maximum absolute atomic E-state index is 10.9. The molecule has 9 heavy (non-hydrogen) atoms. The number of nitrogens with zero attached hydrogens (tertiary/aromatic N) is 1. The molecule has 1 aliphatic heterocycles. The molecule has 0 N–H and O–H groups in total. The number of likely N-dealkylation sites (N-methyl/N-ethyl adjacent to an activating group) is 1. The van der Waals surface area contributed by atoms with Crippen molar-refractivity contribution >= 4 is 5.91 Å². The third-order valence-electron chi connectivity index (χ3n) is 2.15. The Kier molecular flexibility index (Phi) is 0.770. The van der Waals surface area contributed by atoms with Gasteiger partial charge in [0.1, 0.15) is 0 Å². The molecule has 1 amide bonds. The summed E-state index contributed by atoms with van der Waals surface area (Å²) in [6.45, 7) is 2.88. The highest BCUT2D eigenvalue weighted by Crippen LogP contribution is 2.35. The van der Waals surface area contributed by atoms with E-state index in [1.54, 1.807) is 0 Å². The highest BCUT2D eigenvalue weighted by atomic mass is 16.2. The highest BCUT2D eigenvalue weighted by Gasteiger charge is 2.47. The number of hydrogen-bond acceptors (Lipinski definition) is 1. The van der Waals surface area contributed by atoms with Crippen LogP contribution in [0, 0.1) is 5.92 Å². The van der Waals surface area contributed by atoms with Gasteiger partial charge in [-0.15, -0.1) is 0 Å². The number of hydrogen-bond donors (Lipinski definition) is 0. The van der Waals surface area contributed by atoms with Crippen LogP contribution in [0.4, 0.5) is 0 Å². The zero-order valence-corrected chi connectivity index (χ0v) is 5.37. The standard InChI is InChI=1S/C7H9NO/c1-2-8-6-4-3-5(6)7(8)9/h3-6H,2H2,1H3. The maximum atomic E-state index is 10.9. The van der Waals surface area contributed by atoms with Crippen molar-refractivity contribution in [2.24, 2.45) is 5.92 Å². The van der Waals surface area contributed by atoms with E-state index in [0.717, 1.165) is 6.54 Å². The molecule has 1 aliphatic carbocycles. The molecule has 2 aliphatic rings. The molecule has 2 rings (SSSR count). The molecule has 0 saturated carbocycles. The third kappa shape index (κ3) is 0.397. The lowest BCUT2D eigenvalue weighted by atomic mass is 9.78. The fraction of sp³-hybridized carbons (Fsp3) is 0.571. The summed E-state index contributed by atoms with van der Waals surface area (Å²) in [6.07, 6.45) is 4.08. The van der Waals surface area contributed by atoms with E-state index in [9.17, 15) is 4.79 Å². The Morgan fingerprint density at radius 2 is 2.44 bits per heavy atom. The van der Waals surface area contributed by atoms with Crippen LogP contribution in [0.3, 0.4) is 0 Å². The van der Waals surface area contributed by atoms with Gasteiger partial charge in [0, 0.05) is 6.54 Å². The SMILES string of the molecule is CCN1C(=O)C2C=CC21. The van der Waals surface area contributed by atoms with Crippen molar-refractivity contribution in [3.8, 4) is 0 Å². The summed E-state index contributed by atoms with van der Waals surface area (Å²) in [5.41, 5.74) is 0. The first-order valence-electron chi connectivity index (χ1n) is 3.33. The second kappa shape index (κ2) is 1.38. The molecule has 2 heteroatoms. The topological polar surface area (TPSA) is 20.3 Å². The van der Waals surface area contributed by atoms with Crippen molar-refractivity contribution in [1.29, 1.82) is 0 Å². The number of likely N-dealkylation sites (tertiary alicyclic amines) is 1. The fourth-order valence-corrected chi connectivity index (χ4v) is 1.47. The van der Waals surface area contributed by atoms with Crippen molar-refractivity contribution in [2.45, 2.75) is 13.0 Å². The van der Waals surface area contributed by atoms with Crippen LogP contribution in [0.15, 0.2) is 12.2 Å². The number of rotatable bonds is 1.